The van der Waals surface area contributed by atoms with Crippen LogP contribution in [0.3, 0.4) is 0 Å². The average Bonchev–Trinajstić information content (AvgIpc) is 3.18. The van der Waals surface area contributed by atoms with E-state index in [-0.39, 0.29) is 12.1 Å². The Hall–Kier alpha value is -3.39. The maximum atomic E-state index is 12.7. The number of primary amides is 1. The Morgan fingerprint density at radius 2 is 1.78 bits per heavy atom. The Balaban J connectivity index is 1.84. The van der Waals surface area contributed by atoms with Crippen LogP contribution in [0, 0.1) is 0 Å². The SMILES string of the molecule is NC(=O)C(=O)C(Cc1ccccc1)NC(=O)c1ncsc1-c1ccccn1. The highest BCUT2D eigenvalue weighted by Gasteiger charge is 2.27. The number of thiazole rings is 1. The topological polar surface area (TPSA) is 115 Å². The number of pyridine rings is 1. The van der Waals surface area contributed by atoms with Crippen molar-refractivity contribution in [3.05, 3.63) is 71.5 Å². The van der Waals surface area contributed by atoms with Crippen LogP contribution >= 0.6 is 11.3 Å². The summed E-state index contributed by atoms with van der Waals surface area (Å²) in [5.41, 5.74) is 8.21. The molecule has 0 aliphatic heterocycles. The third kappa shape index (κ3) is 4.42. The zero-order valence-electron chi connectivity index (χ0n) is 14.2. The van der Waals surface area contributed by atoms with Crippen molar-refractivity contribution in [2.75, 3.05) is 0 Å². The molecule has 1 unspecified atom stereocenters. The molecule has 0 fully saturated rings. The molecule has 2 heterocycles. The molecule has 1 aromatic carbocycles. The molecule has 0 aliphatic carbocycles. The van der Waals surface area contributed by atoms with Crippen molar-refractivity contribution in [2.45, 2.75) is 12.5 Å². The van der Waals surface area contributed by atoms with Crippen LogP contribution in [0.2, 0.25) is 0 Å². The molecule has 3 rings (SSSR count). The third-order valence-corrected chi connectivity index (χ3v) is 4.68. The fraction of sp³-hybridized carbons (Fsp3) is 0.105. The van der Waals surface area contributed by atoms with Crippen molar-refractivity contribution < 1.29 is 14.4 Å². The minimum atomic E-state index is -1.10. The molecular weight excluding hydrogens is 364 g/mol. The van der Waals surface area contributed by atoms with Crippen molar-refractivity contribution in [2.24, 2.45) is 5.73 Å². The van der Waals surface area contributed by atoms with Crippen LogP contribution < -0.4 is 11.1 Å². The Labute approximate surface area is 159 Å². The highest BCUT2D eigenvalue weighted by Crippen LogP contribution is 2.25. The van der Waals surface area contributed by atoms with E-state index in [4.69, 9.17) is 5.73 Å². The van der Waals surface area contributed by atoms with Gasteiger partial charge in [0.25, 0.3) is 11.8 Å². The number of rotatable bonds is 7. The lowest BCUT2D eigenvalue weighted by Crippen LogP contribution is -2.47. The highest BCUT2D eigenvalue weighted by atomic mass is 32.1. The van der Waals surface area contributed by atoms with Crippen LogP contribution in [0.1, 0.15) is 16.1 Å². The number of benzene rings is 1. The van der Waals surface area contributed by atoms with E-state index in [0.717, 1.165) is 5.56 Å². The number of hydrogen-bond acceptors (Lipinski definition) is 6. The second-order valence-corrected chi connectivity index (χ2v) is 6.54. The van der Waals surface area contributed by atoms with E-state index < -0.39 is 23.6 Å². The summed E-state index contributed by atoms with van der Waals surface area (Å²) < 4.78 is 0. The van der Waals surface area contributed by atoms with Crippen LogP contribution in [-0.2, 0) is 16.0 Å². The lowest BCUT2D eigenvalue weighted by molar-refractivity contribution is -0.137. The van der Waals surface area contributed by atoms with Gasteiger partial charge in [0.2, 0.25) is 5.78 Å². The summed E-state index contributed by atoms with van der Waals surface area (Å²) in [6.07, 6.45) is 1.77. The summed E-state index contributed by atoms with van der Waals surface area (Å²) in [5.74, 6) is -2.52. The monoisotopic (exact) mass is 380 g/mol. The van der Waals surface area contributed by atoms with E-state index in [0.29, 0.717) is 10.6 Å². The molecule has 0 spiro atoms. The summed E-state index contributed by atoms with van der Waals surface area (Å²) in [7, 11) is 0. The molecule has 3 N–H and O–H groups in total. The van der Waals surface area contributed by atoms with E-state index >= 15 is 0 Å². The smallest absolute Gasteiger partial charge is 0.287 e. The molecule has 27 heavy (non-hydrogen) atoms. The molecule has 136 valence electrons. The van der Waals surface area contributed by atoms with E-state index in [2.05, 4.69) is 15.3 Å². The molecule has 2 aromatic heterocycles. The lowest BCUT2D eigenvalue weighted by atomic mass is 10.0. The highest BCUT2D eigenvalue weighted by molar-refractivity contribution is 7.13. The number of carbonyl (C=O) groups excluding carboxylic acids is 3. The van der Waals surface area contributed by atoms with Crippen molar-refractivity contribution in [3.63, 3.8) is 0 Å². The van der Waals surface area contributed by atoms with E-state index in [1.165, 1.54) is 16.8 Å². The zero-order chi connectivity index (χ0) is 19.2. The van der Waals surface area contributed by atoms with Gasteiger partial charge in [-0.1, -0.05) is 36.4 Å². The lowest BCUT2D eigenvalue weighted by Gasteiger charge is -2.16. The normalized spacial score (nSPS) is 11.6. The summed E-state index contributed by atoms with van der Waals surface area (Å²) >= 11 is 1.27. The molecule has 0 saturated carbocycles. The first-order valence-corrected chi connectivity index (χ1v) is 8.97. The van der Waals surface area contributed by atoms with Gasteiger partial charge in [0, 0.05) is 12.6 Å². The van der Waals surface area contributed by atoms with Gasteiger partial charge in [0.05, 0.1) is 16.1 Å². The summed E-state index contributed by atoms with van der Waals surface area (Å²) in [6, 6.07) is 13.3. The molecule has 0 aliphatic rings. The van der Waals surface area contributed by atoms with Crippen LogP contribution in [-0.4, -0.2) is 33.6 Å². The molecule has 7 nitrogen and oxygen atoms in total. The van der Waals surface area contributed by atoms with Crippen molar-refractivity contribution in [3.8, 4) is 10.6 Å². The number of nitrogens with one attached hydrogen (secondary N) is 1. The van der Waals surface area contributed by atoms with Crippen molar-refractivity contribution in [1.82, 2.24) is 15.3 Å². The second kappa shape index (κ2) is 8.33. The quantitative estimate of drug-likeness (QED) is 0.604. The standard InChI is InChI=1S/C19H16N4O3S/c20-18(25)16(24)14(10-12-6-2-1-3-7-12)23-19(26)15-17(27-11-22-15)13-8-4-5-9-21-13/h1-9,11,14H,10H2,(H2,20,25)(H,23,26). The fourth-order valence-corrected chi connectivity index (χ4v) is 3.31. The number of aromatic nitrogens is 2. The molecule has 3 aromatic rings. The second-order valence-electron chi connectivity index (χ2n) is 5.69. The van der Waals surface area contributed by atoms with E-state index in [1.807, 2.05) is 18.2 Å². The maximum absolute atomic E-state index is 12.7. The van der Waals surface area contributed by atoms with Crippen molar-refractivity contribution >= 4 is 28.9 Å². The number of ketones is 1. The van der Waals surface area contributed by atoms with Gasteiger partial charge in [-0.05, 0) is 17.7 Å². The zero-order valence-corrected chi connectivity index (χ0v) is 15.0. The Bertz CT molecular complexity index is 957. The van der Waals surface area contributed by atoms with Gasteiger partial charge in [-0.25, -0.2) is 4.98 Å². The predicted octanol–water partition coefficient (Wildman–Crippen LogP) is 1.60. The first-order chi connectivity index (χ1) is 13.1. The van der Waals surface area contributed by atoms with Gasteiger partial charge in [-0.15, -0.1) is 11.3 Å². The van der Waals surface area contributed by atoms with Gasteiger partial charge >= 0.3 is 0 Å². The molecule has 0 bridgehead atoms. The van der Waals surface area contributed by atoms with Gasteiger partial charge in [-0.3, -0.25) is 19.4 Å². The molecule has 0 saturated heterocycles. The van der Waals surface area contributed by atoms with E-state index in [9.17, 15) is 14.4 Å². The molecule has 2 amide bonds. The average molecular weight is 380 g/mol. The Morgan fingerprint density at radius 1 is 1.04 bits per heavy atom. The van der Waals surface area contributed by atoms with Crippen LogP contribution in [0.5, 0.6) is 0 Å². The van der Waals surface area contributed by atoms with Crippen LogP contribution in [0.15, 0.2) is 60.2 Å². The summed E-state index contributed by atoms with van der Waals surface area (Å²) in [4.78, 5) is 45.2. The first-order valence-electron chi connectivity index (χ1n) is 8.09. The molecule has 0 radical (unpaired) electrons. The van der Waals surface area contributed by atoms with Crippen molar-refractivity contribution in [1.29, 1.82) is 0 Å². The number of Topliss-reactive ketones (excluding diaryl/α,β-unsaturated/α-hetero) is 1. The number of nitrogens with zero attached hydrogens (tertiary/aromatic N) is 2. The third-order valence-electron chi connectivity index (χ3n) is 3.83. The minimum Gasteiger partial charge on any atom is -0.363 e. The molecular formula is C19H16N4O3S. The van der Waals surface area contributed by atoms with Crippen LogP contribution in [0.4, 0.5) is 0 Å². The fourth-order valence-electron chi connectivity index (χ4n) is 2.54. The molecule has 8 heteroatoms. The van der Waals surface area contributed by atoms with Crippen LogP contribution in [0.25, 0.3) is 10.6 Å². The van der Waals surface area contributed by atoms with Gasteiger partial charge in [0.1, 0.15) is 11.7 Å². The van der Waals surface area contributed by atoms with Gasteiger partial charge in [-0.2, -0.15) is 0 Å². The van der Waals surface area contributed by atoms with Gasteiger partial charge in [0.15, 0.2) is 0 Å². The number of nitrogens with two attached hydrogens (primary N) is 1. The molecule has 1 atom stereocenters. The Kier molecular flexibility index (Phi) is 5.68. The number of hydrogen-bond donors (Lipinski definition) is 2. The first kappa shape index (κ1) is 18.4. The predicted molar refractivity (Wildman–Crippen MR) is 101 cm³/mol. The Morgan fingerprint density at radius 3 is 2.44 bits per heavy atom. The number of amides is 2. The van der Waals surface area contributed by atoms with Gasteiger partial charge < -0.3 is 11.1 Å². The van der Waals surface area contributed by atoms with E-state index in [1.54, 1.807) is 36.5 Å². The largest absolute Gasteiger partial charge is 0.363 e. The minimum absolute atomic E-state index is 0.147. The summed E-state index contributed by atoms with van der Waals surface area (Å²) in [6.45, 7) is 0. The summed E-state index contributed by atoms with van der Waals surface area (Å²) in [5, 5.41) is 2.59. The number of carbonyl (C=O) groups is 3. The maximum Gasteiger partial charge on any atom is 0.287 e.